The van der Waals surface area contributed by atoms with Crippen LogP contribution in [-0.2, 0) is 4.79 Å². The van der Waals surface area contributed by atoms with Crippen LogP contribution in [0.5, 0.6) is 0 Å². The summed E-state index contributed by atoms with van der Waals surface area (Å²) in [6, 6.07) is 21.0. The Morgan fingerprint density at radius 1 is 0.905 bits per heavy atom. The second-order valence-corrected chi connectivity index (χ2v) is 5.06. The highest BCUT2D eigenvalue weighted by Gasteiger charge is 2.12. The largest absolute Gasteiger partial charge is 0.355 e. The molecule has 0 aliphatic carbocycles. The SMILES string of the molecule is CC(=O)NCCNCC(c1ccccc1)c1ccccc1. The summed E-state index contributed by atoms with van der Waals surface area (Å²) in [5, 5.41) is 6.22. The molecular formula is C18H22N2O. The van der Waals surface area contributed by atoms with E-state index in [0.29, 0.717) is 12.5 Å². The Bertz CT molecular complexity index is 500. The lowest BCUT2D eigenvalue weighted by Gasteiger charge is -2.19. The summed E-state index contributed by atoms with van der Waals surface area (Å²) in [5.41, 5.74) is 2.60. The van der Waals surface area contributed by atoms with E-state index in [2.05, 4.69) is 59.2 Å². The average Bonchev–Trinajstić information content (AvgIpc) is 2.52. The number of hydrogen-bond acceptors (Lipinski definition) is 2. The highest BCUT2D eigenvalue weighted by molar-refractivity contribution is 5.72. The van der Waals surface area contributed by atoms with Crippen LogP contribution in [0.3, 0.4) is 0 Å². The minimum atomic E-state index is 0.0134. The van der Waals surface area contributed by atoms with Crippen molar-refractivity contribution in [2.75, 3.05) is 19.6 Å². The smallest absolute Gasteiger partial charge is 0.216 e. The minimum Gasteiger partial charge on any atom is -0.355 e. The van der Waals surface area contributed by atoms with Crippen molar-refractivity contribution < 1.29 is 4.79 Å². The summed E-state index contributed by atoms with van der Waals surface area (Å²) in [5.74, 6) is 0.337. The minimum absolute atomic E-state index is 0.0134. The van der Waals surface area contributed by atoms with Crippen molar-refractivity contribution >= 4 is 5.91 Å². The first-order chi connectivity index (χ1) is 10.3. The van der Waals surface area contributed by atoms with Crippen LogP contribution in [0.1, 0.15) is 24.0 Å². The molecule has 0 aliphatic rings. The van der Waals surface area contributed by atoms with Crippen LogP contribution in [0.2, 0.25) is 0 Å². The highest BCUT2D eigenvalue weighted by Crippen LogP contribution is 2.23. The Morgan fingerprint density at radius 3 is 1.90 bits per heavy atom. The first-order valence-electron chi connectivity index (χ1n) is 7.32. The molecule has 0 aliphatic heterocycles. The predicted octanol–water partition coefficient (Wildman–Crippen LogP) is 2.54. The molecule has 3 nitrogen and oxygen atoms in total. The third-order valence-electron chi connectivity index (χ3n) is 3.43. The van der Waals surface area contributed by atoms with Crippen LogP contribution in [0, 0.1) is 0 Å². The lowest BCUT2D eigenvalue weighted by atomic mass is 9.91. The van der Waals surface area contributed by atoms with E-state index in [1.54, 1.807) is 0 Å². The summed E-state index contributed by atoms with van der Waals surface area (Å²) in [6.07, 6.45) is 0. The van der Waals surface area contributed by atoms with Gasteiger partial charge in [0.05, 0.1) is 0 Å². The Morgan fingerprint density at radius 2 is 1.43 bits per heavy atom. The van der Waals surface area contributed by atoms with E-state index in [9.17, 15) is 4.79 Å². The first-order valence-corrected chi connectivity index (χ1v) is 7.32. The topological polar surface area (TPSA) is 41.1 Å². The summed E-state index contributed by atoms with van der Waals surface area (Å²) in [4.78, 5) is 10.8. The van der Waals surface area contributed by atoms with E-state index in [1.165, 1.54) is 18.1 Å². The van der Waals surface area contributed by atoms with Gasteiger partial charge < -0.3 is 10.6 Å². The fraction of sp³-hybridized carbons (Fsp3) is 0.278. The molecule has 0 unspecified atom stereocenters. The Balaban J connectivity index is 1.99. The van der Waals surface area contributed by atoms with Gasteiger partial charge >= 0.3 is 0 Å². The van der Waals surface area contributed by atoms with Gasteiger partial charge in [-0.05, 0) is 11.1 Å². The van der Waals surface area contributed by atoms with E-state index in [1.807, 2.05) is 12.1 Å². The number of benzene rings is 2. The molecular weight excluding hydrogens is 260 g/mol. The molecule has 2 aromatic rings. The lowest BCUT2D eigenvalue weighted by molar-refractivity contribution is -0.118. The van der Waals surface area contributed by atoms with Gasteiger partial charge in [0.25, 0.3) is 0 Å². The van der Waals surface area contributed by atoms with Gasteiger partial charge in [0.1, 0.15) is 0 Å². The summed E-state index contributed by atoms with van der Waals surface area (Å²) < 4.78 is 0. The molecule has 3 heteroatoms. The first kappa shape index (κ1) is 15.3. The average molecular weight is 282 g/mol. The molecule has 2 aromatic carbocycles. The fourth-order valence-corrected chi connectivity index (χ4v) is 2.37. The van der Waals surface area contributed by atoms with Gasteiger partial charge in [0.2, 0.25) is 5.91 Å². The number of carbonyl (C=O) groups is 1. The standard InChI is InChI=1S/C18H22N2O/c1-15(21)20-13-12-19-14-18(16-8-4-2-5-9-16)17-10-6-3-7-11-17/h2-11,18-19H,12-14H2,1H3,(H,20,21). The highest BCUT2D eigenvalue weighted by atomic mass is 16.1. The third kappa shape index (κ3) is 5.04. The van der Waals surface area contributed by atoms with Gasteiger partial charge in [-0.1, -0.05) is 60.7 Å². The molecule has 0 saturated heterocycles. The van der Waals surface area contributed by atoms with E-state index in [4.69, 9.17) is 0 Å². The summed E-state index contributed by atoms with van der Waals surface area (Å²) in [7, 11) is 0. The van der Waals surface area contributed by atoms with Gasteiger partial charge in [-0.15, -0.1) is 0 Å². The predicted molar refractivity (Wildman–Crippen MR) is 86.3 cm³/mol. The van der Waals surface area contributed by atoms with Crippen LogP contribution < -0.4 is 10.6 Å². The number of amides is 1. The molecule has 1 amide bonds. The van der Waals surface area contributed by atoms with E-state index >= 15 is 0 Å². The molecule has 2 N–H and O–H groups in total. The van der Waals surface area contributed by atoms with Crippen molar-refractivity contribution in [1.29, 1.82) is 0 Å². The summed E-state index contributed by atoms with van der Waals surface area (Å²) >= 11 is 0. The van der Waals surface area contributed by atoms with Crippen LogP contribution in [0.25, 0.3) is 0 Å². The van der Waals surface area contributed by atoms with E-state index < -0.39 is 0 Å². The van der Waals surface area contributed by atoms with Crippen molar-refractivity contribution in [3.05, 3.63) is 71.8 Å². The maximum atomic E-state index is 10.8. The third-order valence-corrected chi connectivity index (χ3v) is 3.43. The van der Waals surface area contributed by atoms with Gasteiger partial charge in [-0.25, -0.2) is 0 Å². The molecule has 0 aromatic heterocycles. The quantitative estimate of drug-likeness (QED) is 0.766. The number of hydrogen-bond donors (Lipinski definition) is 2. The van der Waals surface area contributed by atoms with Crippen molar-refractivity contribution in [3.63, 3.8) is 0 Å². The monoisotopic (exact) mass is 282 g/mol. The zero-order valence-corrected chi connectivity index (χ0v) is 12.4. The molecule has 2 rings (SSSR count). The van der Waals surface area contributed by atoms with Gasteiger partial charge in [-0.3, -0.25) is 4.79 Å². The van der Waals surface area contributed by atoms with Crippen molar-refractivity contribution in [2.24, 2.45) is 0 Å². The lowest BCUT2D eigenvalue weighted by Crippen LogP contribution is -2.32. The molecule has 0 radical (unpaired) electrons. The number of rotatable bonds is 7. The van der Waals surface area contributed by atoms with Gasteiger partial charge in [-0.2, -0.15) is 0 Å². The normalized spacial score (nSPS) is 10.6. The molecule has 0 saturated carbocycles. The van der Waals surface area contributed by atoms with Gasteiger partial charge in [0.15, 0.2) is 0 Å². The number of carbonyl (C=O) groups excluding carboxylic acids is 1. The fourth-order valence-electron chi connectivity index (χ4n) is 2.37. The molecule has 110 valence electrons. The van der Waals surface area contributed by atoms with Gasteiger partial charge in [0, 0.05) is 32.5 Å². The maximum absolute atomic E-state index is 10.8. The van der Waals surface area contributed by atoms with Crippen LogP contribution in [-0.4, -0.2) is 25.5 Å². The Labute approximate surface area is 126 Å². The Kier molecular flexibility index (Phi) is 5.98. The molecule has 0 spiro atoms. The maximum Gasteiger partial charge on any atom is 0.216 e. The van der Waals surface area contributed by atoms with Crippen molar-refractivity contribution in [2.45, 2.75) is 12.8 Å². The molecule has 0 bridgehead atoms. The van der Waals surface area contributed by atoms with E-state index in [-0.39, 0.29) is 5.91 Å². The summed E-state index contributed by atoms with van der Waals surface area (Å²) in [6.45, 7) is 3.83. The molecule has 21 heavy (non-hydrogen) atoms. The van der Waals surface area contributed by atoms with Crippen LogP contribution >= 0.6 is 0 Å². The molecule has 0 atom stereocenters. The molecule has 0 heterocycles. The number of nitrogens with one attached hydrogen (secondary N) is 2. The van der Waals surface area contributed by atoms with E-state index in [0.717, 1.165) is 13.1 Å². The van der Waals surface area contributed by atoms with Crippen molar-refractivity contribution in [3.8, 4) is 0 Å². The zero-order chi connectivity index (χ0) is 14.9. The second kappa shape index (κ2) is 8.22. The van der Waals surface area contributed by atoms with Crippen LogP contribution in [0.4, 0.5) is 0 Å². The van der Waals surface area contributed by atoms with Crippen LogP contribution in [0.15, 0.2) is 60.7 Å². The molecule has 0 fully saturated rings. The Hall–Kier alpha value is -2.13. The second-order valence-electron chi connectivity index (χ2n) is 5.06. The van der Waals surface area contributed by atoms with Crippen molar-refractivity contribution in [1.82, 2.24) is 10.6 Å². The zero-order valence-electron chi connectivity index (χ0n) is 12.4.